The van der Waals surface area contributed by atoms with Crippen molar-refractivity contribution in [1.82, 2.24) is 4.90 Å². The lowest BCUT2D eigenvalue weighted by atomic mass is 9.76. The third-order valence-electron chi connectivity index (χ3n) is 6.37. The number of rotatable bonds is 9. The van der Waals surface area contributed by atoms with Crippen molar-refractivity contribution in [3.05, 3.63) is 77.4 Å². The minimum absolute atomic E-state index is 0.0693. The van der Waals surface area contributed by atoms with Crippen LogP contribution in [0.3, 0.4) is 0 Å². The van der Waals surface area contributed by atoms with Gasteiger partial charge in [-0.3, -0.25) is 4.79 Å². The van der Waals surface area contributed by atoms with E-state index in [4.69, 9.17) is 9.84 Å². The molecule has 1 amide bonds. The van der Waals surface area contributed by atoms with Crippen LogP contribution in [0.4, 0.5) is 0 Å². The lowest BCUT2D eigenvalue weighted by molar-refractivity contribution is -0.160. The van der Waals surface area contributed by atoms with E-state index in [1.807, 2.05) is 54.6 Å². The Bertz CT molecular complexity index is 978. The van der Waals surface area contributed by atoms with Crippen molar-refractivity contribution in [3.8, 4) is 0 Å². The minimum Gasteiger partial charge on any atom is -0.478 e. The number of benzene rings is 2. The first-order chi connectivity index (χ1) is 16.5. The molecule has 0 aromatic heterocycles. The molecule has 180 valence electrons. The van der Waals surface area contributed by atoms with Crippen LogP contribution in [-0.2, 0) is 25.7 Å². The molecule has 3 rings (SSSR count). The SMILES string of the molecule is CCOC(=O)C(=O)N(Cc1ccccc1)CC(c1ccc(/C=C/C(=O)O)cc1)C1CCCCC1. The maximum absolute atomic E-state index is 13.1. The number of hydrogen-bond donors (Lipinski definition) is 1. The van der Waals surface area contributed by atoms with Crippen molar-refractivity contribution in [2.24, 2.45) is 5.92 Å². The monoisotopic (exact) mass is 463 g/mol. The minimum atomic E-state index is -0.988. The van der Waals surface area contributed by atoms with Gasteiger partial charge in [-0.05, 0) is 48.4 Å². The summed E-state index contributed by atoms with van der Waals surface area (Å²) in [5.41, 5.74) is 2.85. The highest BCUT2D eigenvalue weighted by molar-refractivity contribution is 6.32. The second-order valence-corrected chi connectivity index (χ2v) is 8.73. The number of carbonyl (C=O) groups excluding carboxylic acids is 2. The molecule has 0 saturated heterocycles. The Morgan fingerprint density at radius 2 is 1.71 bits per heavy atom. The van der Waals surface area contributed by atoms with Gasteiger partial charge in [0, 0.05) is 25.1 Å². The molecule has 0 spiro atoms. The van der Waals surface area contributed by atoms with Gasteiger partial charge in [0.15, 0.2) is 0 Å². The average Bonchev–Trinajstić information content (AvgIpc) is 2.86. The molecule has 1 atom stereocenters. The normalized spacial score (nSPS) is 15.1. The molecule has 1 unspecified atom stereocenters. The Morgan fingerprint density at radius 3 is 2.32 bits per heavy atom. The number of carbonyl (C=O) groups is 3. The fourth-order valence-electron chi connectivity index (χ4n) is 4.67. The van der Waals surface area contributed by atoms with E-state index in [0.29, 0.717) is 19.0 Å². The zero-order chi connectivity index (χ0) is 24.3. The van der Waals surface area contributed by atoms with E-state index in [1.54, 1.807) is 17.9 Å². The molecule has 2 aromatic rings. The van der Waals surface area contributed by atoms with E-state index < -0.39 is 17.8 Å². The van der Waals surface area contributed by atoms with Crippen LogP contribution in [0.2, 0.25) is 0 Å². The predicted octanol–water partition coefficient (Wildman–Crippen LogP) is 5.04. The van der Waals surface area contributed by atoms with E-state index >= 15 is 0 Å². The van der Waals surface area contributed by atoms with E-state index in [1.165, 1.54) is 6.42 Å². The molecule has 6 heteroatoms. The van der Waals surface area contributed by atoms with Gasteiger partial charge in [0.2, 0.25) is 0 Å². The summed E-state index contributed by atoms with van der Waals surface area (Å²) in [6, 6.07) is 17.5. The fourth-order valence-corrected chi connectivity index (χ4v) is 4.67. The molecule has 1 aliphatic carbocycles. The summed E-state index contributed by atoms with van der Waals surface area (Å²) in [5, 5.41) is 8.88. The van der Waals surface area contributed by atoms with Crippen LogP contribution in [0.1, 0.15) is 61.6 Å². The zero-order valence-corrected chi connectivity index (χ0v) is 19.7. The Kier molecular flexibility index (Phi) is 9.44. The number of carboxylic acid groups (broad SMARTS) is 1. The molecule has 2 aromatic carbocycles. The van der Waals surface area contributed by atoms with Crippen LogP contribution in [0.25, 0.3) is 6.08 Å². The van der Waals surface area contributed by atoms with Crippen molar-refractivity contribution in [1.29, 1.82) is 0 Å². The van der Waals surface area contributed by atoms with E-state index in [-0.39, 0.29) is 12.5 Å². The van der Waals surface area contributed by atoms with Crippen molar-refractivity contribution in [3.63, 3.8) is 0 Å². The first-order valence-electron chi connectivity index (χ1n) is 12.0. The highest BCUT2D eigenvalue weighted by Gasteiger charge is 2.31. The lowest BCUT2D eigenvalue weighted by Gasteiger charge is -2.34. The van der Waals surface area contributed by atoms with Crippen molar-refractivity contribution >= 4 is 23.9 Å². The molecule has 0 radical (unpaired) electrons. The number of amides is 1. The van der Waals surface area contributed by atoms with Crippen LogP contribution in [0.5, 0.6) is 0 Å². The molecule has 1 saturated carbocycles. The Balaban J connectivity index is 1.89. The third-order valence-corrected chi connectivity index (χ3v) is 6.37. The molecule has 1 N–H and O–H groups in total. The second kappa shape index (κ2) is 12.7. The summed E-state index contributed by atoms with van der Waals surface area (Å²) < 4.78 is 5.03. The summed E-state index contributed by atoms with van der Waals surface area (Å²) in [4.78, 5) is 37.9. The standard InChI is InChI=1S/C28H33NO5/c1-2-34-28(33)27(32)29(19-22-9-5-3-6-10-22)20-25(23-11-7-4-8-12-23)24-16-13-21(14-17-24)15-18-26(30)31/h3,5-6,9-10,13-18,23,25H,2,4,7-8,11-12,19-20H2,1H3,(H,30,31)/b18-15+. The van der Waals surface area contributed by atoms with Gasteiger partial charge in [0.1, 0.15) is 0 Å². The molecule has 6 nitrogen and oxygen atoms in total. The summed E-state index contributed by atoms with van der Waals surface area (Å²) in [6.07, 6.45) is 8.38. The fraction of sp³-hybridized carbons (Fsp3) is 0.393. The topological polar surface area (TPSA) is 83.9 Å². The first kappa shape index (κ1) is 25.2. The van der Waals surface area contributed by atoms with Crippen molar-refractivity contribution < 1.29 is 24.2 Å². The molecule has 0 bridgehead atoms. The molecule has 34 heavy (non-hydrogen) atoms. The molecule has 1 aliphatic rings. The van der Waals surface area contributed by atoms with Gasteiger partial charge < -0.3 is 14.7 Å². The first-order valence-corrected chi connectivity index (χ1v) is 12.0. The summed E-state index contributed by atoms with van der Waals surface area (Å²) in [5.74, 6) is -1.96. The number of hydrogen-bond acceptors (Lipinski definition) is 4. The van der Waals surface area contributed by atoms with E-state index in [2.05, 4.69) is 0 Å². The van der Waals surface area contributed by atoms with Gasteiger partial charge in [-0.1, -0.05) is 73.9 Å². The molecular weight excluding hydrogens is 430 g/mol. The van der Waals surface area contributed by atoms with Gasteiger partial charge in [-0.2, -0.15) is 0 Å². The Morgan fingerprint density at radius 1 is 1.03 bits per heavy atom. The van der Waals surface area contributed by atoms with Crippen LogP contribution in [0.15, 0.2) is 60.7 Å². The van der Waals surface area contributed by atoms with Gasteiger partial charge in [-0.15, -0.1) is 0 Å². The lowest BCUT2D eigenvalue weighted by Crippen LogP contribution is -2.41. The maximum Gasteiger partial charge on any atom is 0.397 e. The predicted molar refractivity (Wildman–Crippen MR) is 131 cm³/mol. The van der Waals surface area contributed by atoms with Crippen LogP contribution in [-0.4, -0.2) is 41.0 Å². The molecular formula is C28H33NO5. The number of aliphatic carboxylic acids is 1. The summed E-state index contributed by atoms with van der Waals surface area (Å²) >= 11 is 0. The highest BCUT2D eigenvalue weighted by atomic mass is 16.5. The summed E-state index contributed by atoms with van der Waals surface area (Å²) in [6.45, 7) is 2.60. The molecule has 0 heterocycles. The van der Waals surface area contributed by atoms with Gasteiger partial charge in [-0.25, -0.2) is 9.59 Å². The van der Waals surface area contributed by atoms with Crippen molar-refractivity contribution in [2.45, 2.75) is 51.5 Å². The van der Waals surface area contributed by atoms with Gasteiger partial charge in [0.25, 0.3) is 0 Å². The largest absolute Gasteiger partial charge is 0.478 e. The zero-order valence-electron chi connectivity index (χ0n) is 19.7. The molecule has 0 aliphatic heterocycles. The Labute approximate surface area is 201 Å². The van der Waals surface area contributed by atoms with Crippen LogP contribution < -0.4 is 0 Å². The van der Waals surface area contributed by atoms with Gasteiger partial charge >= 0.3 is 17.8 Å². The number of carboxylic acids is 1. The average molecular weight is 464 g/mol. The maximum atomic E-state index is 13.1. The highest BCUT2D eigenvalue weighted by Crippen LogP contribution is 2.37. The van der Waals surface area contributed by atoms with Crippen LogP contribution in [0, 0.1) is 5.92 Å². The summed E-state index contributed by atoms with van der Waals surface area (Å²) in [7, 11) is 0. The quantitative estimate of drug-likeness (QED) is 0.320. The van der Waals surface area contributed by atoms with Crippen LogP contribution >= 0.6 is 0 Å². The number of nitrogens with zero attached hydrogens (tertiary/aromatic N) is 1. The van der Waals surface area contributed by atoms with E-state index in [0.717, 1.165) is 48.4 Å². The third kappa shape index (κ3) is 7.30. The smallest absolute Gasteiger partial charge is 0.397 e. The number of ether oxygens (including phenoxy) is 1. The Hall–Kier alpha value is -3.41. The van der Waals surface area contributed by atoms with Gasteiger partial charge in [0.05, 0.1) is 6.61 Å². The van der Waals surface area contributed by atoms with E-state index in [9.17, 15) is 14.4 Å². The second-order valence-electron chi connectivity index (χ2n) is 8.73. The van der Waals surface area contributed by atoms with Crippen molar-refractivity contribution in [2.75, 3.05) is 13.2 Å². The number of esters is 1. The molecule has 1 fully saturated rings.